The lowest BCUT2D eigenvalue weighted by atomic mass is 10.0. The standard InChI is InChI=1S/C10H14.C2H2/c1-9(2)8-10-6-4-3-5-7-10;1-2/h3-7,9H,8H2,1-2H3;1-2H. The highest BCUT2D eigenvalue weighted by Gasteiger charge is 1.94. The van der Waals surface area contributed by atoms with Crippen molar-refractivity contribution in [2.75, 3.05) is 0 Å². The maximum atomic E-state index is 4.00. The molecule has 0 unspecified atom stereocenters. The Morgan fingerprint density at radius 1 is 1.08 bits per heavy atom. The molecule has 0 heterocycles. The predicted molar refractivity (Wildman–Crippen MR) is 54.9 cm³/mol. The van der Waals surface area contributed by atoms with Gasteiger partial charge in [-0.1, -0.05) is 44.2 Å². The molecule has 0 radical (unpaired) electrons. The second-order valence-electron chi connectivity index (χ2n) is 3.08. The minimum absolute atomic E-state index is 0.766. The van der Waals surface area contributed by atoms with Crippen LogP contribution in [0.2, 0.25) is 0 Å². The van der Waals surface area contributed by atoms with Gasteiger partial charge in [0.2, 0.25) is 0 Å². The van der Waals surface area contributed by atoms with Crippen LogP contribution in [0.4, 0.5) is 0 Å². The minimum atomic E-state index is 0.766. The summed E-state index contributed by atoms with van der Waals surface area (Å²) in [6, 6.07) is 10.6. The smallest absolute Gasteiger partial charge is 0.0256 e. The molecule has 0 amide bonds. The monoisotopic (exact) mass is 160 g/mol. The lowest BCUT2D eigenvalue weighted by Crippen LogP contribution is -1.92. The Morgan fingerprint density at radius 3 is 2.00 bits per heavy atom. The van der Waals surface area contributed by atoms with Gasteiger partial charge in [-0.05, 0) is 17.9 Å². The maximum absolute atomic E-state index is 4.00. The van der Waals surface area contributed by atoms with E-state index in [9.17, 15) is 0 Å². The van der Waals surface area contributed by atoms with Gasteiger partial charge >= 0.3 is 0 Å². The molecule has 0 spiro atoms. The fraction of sp³-hybridized carbons (Fsp3) is 0.333. The normalized spacial score (nSPS) is 8.75. The Kier molecular flexibility index (Phi) is 5.83. The molecule has 0 saturated carbocycles. The number of benzene rings is 1. The van der Waals surface area contributed by atoms with E-state index in [0.29, 0.717) is 0 Å². The van der Waals surface area contributed by atoms with E-state index in [1.807, 2.05) is 0 Å². The van der Waals surface area contributed by atoms with Crippen molar-refractivity contribution < 1.29 is 0 Å². The van der Waals surface area contributed by atoms with Gasteiger partial charge in [-0.2, -0.15) is 0 Å². The molecule has 0 saturated heterocycles. The van der Waals surface area contributed by atoms with Crippen molar-refractivity contribution in [1.82, 2.24) is 0 Å². The van der Waals surface area contributed by atoms with Gasteiger partial charge < -0.3 is 0 Å². The van der Waals surface area contributed by atoms with Crippen molar-refractivity contribution >= 4 is 0 Å². The van der Waals surface area contributed by atoms with E-state index in [1.54, 1.807) is 0 Å². The molecule has 12 heavy (non-hydrogen) atoms. The molecule has 64 valence electrons. The molecule has 0 bridgehead atoms. The van der Waals surface area contributed by atoms with Crippen LogP contribution in [0, 0.1) is 18.8 Å². The largest absolute Gasteiger partial charge is 0.124 e. The number of hydrogen-bond donors (Lipinski definition) is 0. The first-order chi connectivity index (χ1) is 5.79. The molecule has 0 aliphatic heterocycles. The first-order valence-corrected chi connectivity index (χ1v) is 4.16. The topological polar surface area (TPSA) is 0 Å². The molecular formula is C12H16. The molecule has 0 atom stereocenters. The highest BCUT2D eigenvalue weighted by atomic mass is 14.0. The highest BCUT2D eigenvalue weighted by Crippen LogP contribution is 2.05. The summed E-state index contributed by atoms with van der Waals surface area (Å²) >= 11 is 0. The third-order valence-electron chi connectivity index (χ3n) is 1.49. The molecule has 0 aliphatic rings. The fourth-order valence-corrected chi connectivity index (χ4v) is 1.09. The average molecular weight is 160 g/mol. The Morgan fingerprint density at radius 2 is 1.58 bits per heavy atom. The Bertz CT molecular complexity index is 206. The lowest BCUT2D eigenvalue weighted by molar-refractivity contribution is 0.647. The van der Waals surface area contributed by atoms with Gasteiger partial charge in [-0.25, -0.2) is 0 Å². The summed E-state index contributed by atoms with van der Waals surface area (Å²) in [7, 11) is 0. The van der Waals surface area contributed by atoms with Crippen LogP contribution in [0.1, 0.15) is 19.4 Å². The van der Waals surface area contributed by atoms with Crippen LogP contribution in [0.25, 0.3) is 0 Å². The van der Waals surface area contributed by atoms with Crippen molar-refractivity contribution in [2.24, 2.45) is 5.92 Å². The van der Waals surface area contributed by atoms with Crippen molar-refractivity contribution in [3.05, 3.63) is 35.9 Å². The van der Waals surface area contributed by atoms with Gasteiger partial charge in [0.05, 0.1) is 0 Å². The van der Waals surface area contributed by atoms with Crippen LogP contribution >= 0.6 is 0 Å². The lowest BCUT2D eigenvalue weighted by Gasteiger charge is -2.02. The molecule has 0 nitrogen and oxygen atoms in total. The molecule has 0 heteroatoms. The van der Waals surface area contributed by atoms with Crippen molar-refractivity contribution in [3.63, 3.8) is 0 Å². The van der Waals surface area contributed by atoms with E-state index >= 15 is 0 Å². The predicted octanol–water partition coefficient (Wildman–Crippen LogP) is 3.13. The van der Waals surface area contributed by atoms with E-state index < -0.39 is 0 Å². The molecule has 0 aliphatic carbocycles. The second-order valence-corrected chi connectivity index (χ2v) is 3.08. The van der Waals surface area contributed by atoms with Crippen LogP contribution in [0.15, 0.2) is 30.3 Å². The van der Waals surface area contributed by atoms with Crippen molar-refractivity contribution in [2.45, 2.75) is 20.3 Å². The number of hydrogen-bond acceptors (Lipinski definition) is 0. The number of terminal acetylenes is 1. The summed E-state index contributed by atoms with van der Waals surface area (Å²) in [4.78, 5) is 0. The molecule has 0 aromatic heterocycles. The molecule has 0 N–H and O–H groups in total. The van der Waals surface area contributed by atoms with Crippen LogP contribution in [0.5, 0.6) is 0 Å². The zero-order valence-electron chi connectivity index (χ0n) is 7.83. The summed E-state index contributed by atoms with van der Waals surface area (Å²) in [6.07, 6.45) is 9.20. The Labute approximate surface area is 75.6 Å². The van der Waals surface area contributed by atoms with Gasteiger partial charge in [-0.3, -0.25) is 0 Å². The maximum Gasteiger partial charge on any atom is -0.0256 e. The minimum Gasteiger partial charge on any atom is -0.124 e. The van der Waals surface area contributed by atoms with E-state index in [-0.39, 0.29) is 0 Å². The third-order valence-corrected chi connectivity index (χ3v) is 1.49. The van der Waals surface area contributed by atoms with E-state index in [1.165, 1.54) is 12.0 Å². The van der Waals surface area contributed by atoms with Crippen molar-refractivity contribution in [3.8, 4) is 12.8 Å². The van der Waals surface area contributed by atoms with Gasteiger partial charge in [-0.15, -0.1) is 12.8 Å². The van der Waals surface area contributed by atoms with E-state index in [2.05, 4.69) is 57.0 Å². The molecule has 0 fully saturated rings. The zero-order valence-corrected chi connectivity index (χ0v) is 7.83. The van der Waals surface area contributed by atoms with E-state index in [0.717, 1.165) is 5.92 Å². The molecule has 1 aromatic rings. The van der Waals surface area contributed by atoms with Crippen LogP contribution in [0.3, 0.4) is 0 Å². The van der Waals surface area contributed by atoms with Gasteiger partial charge in [0.25, 0.3) is 0 Å². The molecular weight excluding hydrogens is 144 g/mol. The summed E-state index contributed by atoms with van der Waals surface area (Å²) in [5.74, 6) is 0.766. The van der Waals surface area contributed by atoms with E-state index in [4.69, 9.17) is 0 Å². The number of rotatable bonds is 2. The highest BCUT2D eigenvalue weighted by molar-refractivity contribution is 5.14. The van der Waals surface area contributed by atoms with Gasteiger partial charge in [0.1, 0.15) is 0 Å². The Balaban J connectivity index is 0.000000561. The van der Waals surface area contributed by atoms with Gasteiger partial charge in [0.15, 0.2) is 0 Å². The quantitative estimate of drug-likeness (QED) is 0.583. The second kappa shape index (κ2) is 6.49. The third kappa shape index (κ3) is 4.57. The summed E-state index contributed by atoms with van der Waals surface area (Å²) < 4.78 is 0. The first-order valence-electron chi connectivity index (χ1n) is 4.16. The summed E-state index contributed by atoms with van der Waals surface area (Å²) in [6.45, 7) is 4.49. The average Bonchev–Trinajstić information content (AvgIpc) is 2.08. The van der Waals surface area contributed by atoms with Crippen LogP contribution in [-0.4, -0.2) is 0 Å². The van der Waals surface area contributed by atoms with Crippen LogP contribution < -0.4 is 0 Å². The summed E-state index contributed by atoms with van der Waals surface area (Å²) in [5, 5.41) is 0. The molecule has 1 aromatic carbocycles. The Hall–Kier alpha value is -1.22. The fourth-order valence-electron chi connectivity index (χ4n) is 1.09. The van der Waals surface area contributed by atoms with Gasteiger partial charge in [0, 0.05) is 0 Å². The van der Waals surface area contributed by atoms with Crippen LogP contribution in [-0.2, 0) is 6.42 Å². The molecule has 1 rings (SSSR count). The SMILES string of the molecule is C#C.CC(C)Cc1ccccc1. The zero-order chi connectivity index (χ0) is 9.40. The summed E-state index contributed by atoms with van der Waals surface area (Å²) in [5.41, 5.74) is 1.44. The first kappa shape index (κ1) is 10.8. The van der Waals surface area contributed by atoms with Crippen molar-refractivity contribution in [1.29, 1.82) is 0 Å².